The second-order valence-corrected chi connectivity index (χ2v) is 6.22. The van der Waals surface area contributed by atoms with Gasteiger partial charge in [-0.15, -0.1) is 0 Å². The molecule has 0 aliphatic rings. The van der Waals surface area contributed by atoms with E-state index in [1.54, 1.807) is 35.1 Å². The van der Waals surface area contributed by atoms with Crippen LogP contribution >= 0.6 is 0 Å². The summed E-state index contributed by atoms with van der Waals surface area (Å²) >= 11 is 0. The third-order valence-corrected chi connectivity index (χ3v) is 4.08. The molecule has 146 valence electrons. The number of nitrogens with zero attached hydrogens (tertiary/aromatic N) is 3. The van der Waals surface area contributed by atoms with E-state index in [0.717, 1.165) is 6.39 Å². The Morgan fingerprint density at radius 2 is 2.07 bits per heavy atom. The number of carbonyl (C=O) groups is 2. The average Bonchev–Trinajstić information content (AvgIpc) is 3.42. The van der Waals surface area contributed by atoms with Crippen LogP contribution in [-0.2, 0) is 6.54 Å². The molecule has 29 heavy (non-hydrogen) atoms. The minimum atomic E-state index is -0.542. The van der Waals surface area contributed by atoms with Crippen LogP contribution < -0.4 is 5.32 Å². The Hall–Kier alpha value is -4.01. The second-order valence-electron chi connectivity index (χ2n) is 6.22. The number of oxazole rings is 1. The maximum Gasteiger partial charge on any atom is 0.279 e. The summed E-state index contributed by atoms with van der Waals surface area (Å²) in [6.45, 7) is 1.72. The molecule has 0 radical (unpaired) electrons. The zero-order valence-corrected chi connectivity index (χ0v) is 15.3. The first-order valence-corrected chi connectivity index (χ1v) is 8.63. The van der Waals surface area contributed by atoms with Gasteiger partial charge in [-0.1, -0.05) is 12.1 Å². The monoisotopic (exact) mass is 394 g/mol. The molecule has 0 saturated carbocycles. The van der Waals surface area contributed by atoms with E-state index < -0.39 is 11.7 Å². The zero-order chi connectivity index (χ0) is 20.4. The van der Waals surface area contributed by atoms with Crippen LogP contribution in [0, 0.1) is 5.82 Å². The maximum atomic E-state index is 13.5. The summed E-state index contributed by atoms with van der Waals surface area (Å²) in [7, 11) is 0. The molecule has 4 aromatic rings. The highest BCUT2D eigenvalue weighted by atomic mass is 19.1. The van der Waals surface area contributed by atoms with Crippen LogP contribution in [0.2, 0.25) is 0 Å². The molecule has 0 aliphatic heterocycles. The van der Waals surface area contributed by atoms with Gasteiger partial charge in [-0.3, -0.25) is 14.3 Å². The number of Topliss-reactive ketones (excluding diaryl/α,β-unsaturated/α-hetero) is 1. The molecule has 0 saturated heterocycles. The van der Waals surface area contributed by atoms with Crippen molar-refractivity contribution in [1.82, 2.24) is 14.8 Å². The average molecular weight is 394 g/mol. The van der Waals surface area contributed by atoms with Gasteiger partial charge in [-0.25, -0.2) is 9.37 Å². The van der Waals surface area contributed by atoms with Crippen LogP contribution in [0.25, 0.3) is 11.3 Å². The van der Waals surface area contributed by atoms with Crippen LogP contribution in [0.3, 0.4) is 0 Å². The van der Waals surface area contributed by atoms with Gasteiger partial charge >= 0.3 is 0 Å². The molecule has 1 aromatic carbocycles. The van der Waals surface area contributed by atoms with E-state index in [4.69, 9.17) is 8.83 Å². The Balaban J connectivity index is 1.47. The molecule has 1 N–H and O–H groups in total. The molecule has 4 rings (SSSR count). The van der Waals surface area contributed by atoms with Crippen LogP contribution in [-0.4, -0.2) is 26.5 Å². The first kappa shape index (κ1) is 18.4. The molecule has 1 amide bonds. The lowest BCUT2D eigenvalue weighted by Gasteiger charge is -2.02. The lowest BCUT2D eigenvalue weighted by Crippen LogP contribution is -2.14. The molecular formula is C20H15FN4O4. The molecule has 8 nitrogen and oxygen atoms in total. The van der Waals surface area contributed by atoms with Crippen LogP contribution in [0.1, 0.15) is 33.7 Å². The van der Waals surface area contributed by atoms with Gasteiger partial charge in [0.05, 0.1) is 6.54 Å². The molecule has 0 atom stereocenters. The predicted molar refractivity (Wildman–Crippen MR) is 99.9 cm³/mol. The SMILES string of the molecule is CC(=O)c1ccc(Cn2ccc(NC(=O)c3ncoc3-c3cccc(F)c3)n2)o1. The summed E-state index contributed by atoms with van der Waals surface area (Å²) in [4.78, 5) is 27.8. The van der Waals surface area contributed by atoms with Crippen molar-refractivity contribution in [3.63, 3.8) is 0 Å². The first-order valence-electron chi connectivity index (χ1n) is 8.63. The number of ketones is 1. The highest BCUT2D eigenvalue weighted by molar-refractivity contribution is 6.05. The van der Waals surface area contributed by atoms with Crippen molar-refractivity contribution in [1.29, 1.82) is 0 Å². The fourth-order valence-electron chi connectivity index (χ4n) is 2.75. The van der Waals surface area contributed by atoms with Crippen molar-refractivity contribution in [3.8, 4) is 11.3 Å². The van der Waals surface area contributed by atoms with E-state index in [1.807, 2.05) is 0 Å². The lowest BCUT2D eigenvalue weighted by atomic mass is 10.1. The molecule has 0 fully saturated rings. The molecular weight excluding hydrogens is 379 g/mol. The summed E-state index contributed by atoms with van der Waals surface area (Å²) in [5, 5.41) is 6.87. The number of amides is 1. The normalized spacial score (nSPS) is 10.8. The van der Waals surface area contributed by atoms with Crippen molar-refractivity contribution in [2.24, 2.45) is 0 Å². The topological polar surface area (TPSA) is 103 Å². The van der Waals surface area contributed by atoms with Gasteiger partial charge in [0.1, 0.15) is 11.6 Å². The van der Waals surface area contributed by atoms with E-state index in [9.17, 15) is 14.0 Å². The zero-order valence-electron chi connectivity index (χ0n) is 15.3. The lowest BCUT2D eigenvalue weighted by molar-refractivity contribution is 0.0983. The number of aromatic nitrogens is 3. The first-order chi connectivity index (χ1) is 14.0. The van der Waals surface area contributed by atoms with Crippen LogP contribution in [0.5, 0.6) is 0 Å². The largest absolute Gasteiger partial charge is 0.456 e. The number of carbonyl (C=O) groups excluding carboxylic acids is 2. The summed E-state index contributed by atoms with van der Waals surface area (Å²) in [5.74, 6) is 0.134. The number of halogens is 1. The number of nitrogens with one attached hydrogen (secondary N) is 1. The molecule has 3 heterocycles. The third kappa shape index (κ3) is 3.98. The van der Waals surface area contributed by atoms with E-state index in [2.05, 4.69) is 15.4 Å². The summed E-state index contributed by atoms with van der Waals surface area (Å²) < 4.78 is 25.7. The van der Waals surface area contributed by atoms with Crippen molar-refractivity contribution in [2.75, 3.05) is 5.32 Å². The molecule has 3 aromatic heterocycles. The van der Waals surface area contributed by atoms with Gasteiger partial charge in [0.25, 0.3) is 5.91 Å². The Morgan fingerprint density at radius 3 is 2.83 bits per heavy atom. The van der Waals surface area contributed by atoms with Gasteiger partial charge in [0, 0.05) is 24.8 Å². The summed E-state index contributed by atoms with van der Waals surface area (Å²) in [6, 6.07) is 10.6. The van der Waals surface area contributed by atoms with Crippen molar-refractivity contribution in [3.05, 3.63) is 78.1 Å². The second kappa shape index (κ2) is 7.55. The van der Waals surface area contributed by atoms with E-state index in [0.29, 0.717) is 23.7 Å². The van der Waals surface area contributed by atoms with E-state index in [1.165, 1.54) is 25.1 Å². The summed E-state index contributed by atoms with van der Waals surface area (Å²) in [6.07, 6.45) is 2.78. The number of hydrogen-bond donors (Lipinski definition) is 1. The Bertz CT molecular complexity index is 1190. The smallest absolute Gasteiger partial charge is 0.279 e. The molecule has 0 unspecified atom stereocenters. The van der Waals surface area contributed by atoms with Crippen LogP contribution in [0.4, 0.5) is 10.2 Å². The quantitative estimate of drug-likeness (QED) is 0.499. The number of anilines is 1. The number of rotatable bonds is 6. The number of hydrogen-bond acceptors (Lipinski definition) is 6. The molecule has 0 spiro atoms. The highest BCUT2D eigenvalue weighted by Crippen LogP contribution is 2.24. The summed E-state index contributed by atoms with van der Waals surface area (Å²) in [5.41, 5.74) is 0.416. The Kier molecular flexibility index (Phi) is 4.78. The predicted octanol–water partition coefficient (Wildman–Crippen LogP) is 3.77. The molecule has 0 aliphatic carbocycles. The van der Waals surface area contributed by atoms with Gasteiger partial charge in [0.15, 0.2) is 35.2 Å². The fourth-order valence-corrected chi connectivity index (χ4v) is 2.75. The van der Waals surface area contributed by atoms with Crippen molar-refractivity contribution < 1.29 is 22.8 Å². The van der Waals surface area contributed by atoms with E-state index >= 15 is 0 Å². The maximum absolute atomic E-state index is 13.5. The fraction of sp³-hybridized carbons (Fsp3) is 0.100. The van der Waals surface area contributed by atoms with Crippen molar-refractivity contribution in [2.45, 2.75) is 13.5 Å². The van der Waals surface area contributed by atoms with Crippen molar-refractivity contribution >= 4 is 17.5 Å². The number of benzene rings is 1. The van der Waals surface area contributed by atoms with Gasteiger partial charge < -0.3 is 14.2 Å². The Labute approximate surface area is 164 Å². The molecule has 0 bridgehead atoms. The van der Waals surface area contributed by atoms with Gasteiger partial charge in [-0.05, 0) is 24.3 Å². The molecule has 9 heteroatoms. The number of furan rings is 1. The van der Waals surface area contributed by atoms with Crippen LogP contribution in [0.15, 0.2) is 63.9 Å². The van der Waals surface area contributed by atoms with Gasteiger partial charge in [-0.2, -0.15) is 5.10 Å². The van der Waals surface area contributed by atoms with Gasteiger partial charge in [0.2, 0.25) is 0 Å². The Morgan fingerprint density at radius 1 is 1.21 bits per heavy atom. The minimum absolute atomic E-state index is 0.0160. The minimum Gasteiger partial charge on any atom is -0.456 e. The third-order valence-electron chi connectivity index (χ3n) is 4.08. The standard InChI is InChI=1S/C20H15FN4O4/c1-12(26)16-6-5-15(29-16)10-25-8-7-17(24-25)23-20(27)18-19(28-11-22-18)13-3-2-4-14(21)9-13/h2-9,11H,10H2,1H3,(H,23,24,27). The van der Waals surface area contributed by atoms with E-state index in [-0.39, 0.29) is 23.0 Å². The highest BCUT2D eigenvalue weighted by Gasteiger charge is 2.19.